The molecule has 0 saturated heterocycles. The molecule has 1 unspecified atom stereocenters. The molecule has 1 rings (SSSR count). The molecule has 0 fully saturated rings. The highest BCUT2D eigenvalue weighted by atomic mass is 16.6. The average Bonchev–Trinajstić information content (AvgIpc) is 2.36. The lowest BCUT2D eigenvalue weighted by Crippen LogP contribution is -2.43. The van der Waals surface area contributed by atoms with E-state index in [1.807, 2.05) is 0 Å². The summed E-state index contributed by atoms with van der Waals surface area (Å²) in [5, 5.41) is 12.9. The molecule has 8 nitrogen and oxygen atoms in total. The Balaban J connectivity index is 2.57. The number of hydrogen-bond donors (Lipinski definition) is 1. The van der Waals surface area contributed by atoms with Crippen molar-refractivity contribution in [1.29, 1.82) is 0 Å². The number of carbonyl (C=O) groups is 2. The van der Waals surface area contributed by atoms with E-state index in [2.05, 4.69) is 5.32 Å². The van der Waals surface area contributed by atoms with E-state index in [4.69, 9.17) is 9.47 Å². The highest BCUT2D eigenvalue weighted by Crippen LogP contribution is 2.17. The number of benzene rings is 1. The first-order chi connectivity index (χ1) is 10.1. The summed E-state index contributed by atoms with van der Waals surface area (Å²) < 4.78 is 10.0. The zero-order chi connectivity index (χ0) is 16.9. The lowest BCUT2D eigenvalue weighted by atomic mass is 10.2. The van der Waals surface area contributed by atoms with Gasteiger partial charge in [-0.15, -0.1) is 0 Å². The molecule has 1 amide bonds. The van der Waals surface area contributed by atoms with Crippen LogP contribution < -0.4 is 10.1 Å². The fourth-order valence-corrected chi connectivity index (χ4v) is 1.38. The molecule has 0 saturated carbocycles. The van der Waals surface area contributed by atoms with Crippen LogP contribution in [0.2, 0.25) is 0 Å². The van der Waals surface area contributed by atoms with E-state index in [0.29, 0.717) is 0 Å². The first-order valence-corrected chi connectivity index (χ1v) is 6.54. The monoisotopic (exact) mass is 310 g/mol. The number of carbonyl (C=O) groups excluding carboxylic acids is 2. The summed E-state index contributed by atoms with van der Waals surface area (Å²) in [6, 6.07) is 4.11. The van der Waals surface area contributed by atoms with Gasteiger partial charge in [0.05, 0.1) is 4.92 Å². The van der Waals surface area contributed by atoms with Crippen molar-refractivity contribution in [3.8, 4) is 5.75 Å². The standard InChI is InChI=1S/C14H18N2O6/c1-9(15-13(18)22-14(2,3)4)12(17)21-11-7-5-10(6-8-11)16(19)20/h5-9H,1-4H3,(H,15,18). The number of ether oxygens (including phenoxy) is 2. The van der Waals surface area contributed by atoms with E-state index < -0.39 is 28.6 Å². The number of amides is 1. The predicted molar refractivity (Wildman–Crippen MR) is 77.6 cm³/mol. The van der Waals surface area contributed by atoms with Crippen LogP contribution in [-0.4, -0.2) is 28.6 Å². The van der Waals surface area contributed by atoms with Gasteiger partial charge in [0.2, 0.25) is 0 Å². The van der Waals surface area contributed by atoms with Crippen molar-refractivity contribution in [3.05, 3.63) is 34.4 Å². The maximum Gasteiger partial charge on any atom is 0.408 e. The average molecular weight is 310 g/mol. The van der Waals surface area contributed by atoms with Gasteiger partial charge in [-0.2, -0.15) is 0 Å². The minimum Gasteiger partial charge on any atom is -0.444 e. The van der Waals surface area contributed by atoms with Crippen molar-refractivity contribution in [2.24, 2.45) is 0 Å². The number of nitro benzene ring substituents is 1. The van der Waals surface area contributed by atoms with E-state index in [9.17, 15) is 19.7 Å². The summed E-state index contributed by atoms with van der Waals surface area (Å²) in [5.74, 6) is -0.562. The van der Waals surface area contributed by atoms with Gasteiger partial charge in [-0.05, 0) is 39.8 Å². The highest BCUT2D eigenvalue weighted by molar-refractivity contribution is 5.82. The largest absolute Gasteiger partial charge is 0.444 e. The van der Waals surface area contributed by atoms with Gasteiger partial charge in [-0.25, -0.2) is 9.59 Å². The summed E-state index contributed by atoms with van der Waals surface area (Å²) in [5.41, 5.74) is -0.786. The van der Waals surface area contributed by atoms with Crippen LogP contribution in [0.3, 0.4) is 0 Å². The second-order valence-electron chi connectivity index (χ2n) is 5.54. The summed E-state index contributed by atoms with van der Waals surface area (Å²) in [4.78, 5) is 33.3. The van der Waals surface area contributed by atoms with Crippen LogP contribution in [0.25, 0.3) is 0 Å². The maximum absolute atomic E-state index is 11.8. The first kappa shape index (κ1) is 17.4. The third kappa shape index (κ3) is 5.78. The molecule has 0 aliphatic heterocycles. The van der Waals surface area contributed by atoms with Gasteiger partial charge in [-0.1, -0.05) is 0 Å². The minimum atomic E-state index is -0.926. The highest BCUT2D eigenvalue weighted by Gasteiger charge is 2.22. The zero-order valence-corrected chi connectivity index (χ0v) is 12.8. The smallest absolute Gasteiger partial charge is 0.408 e. The topological polar surface area (TPSA) is 108 Å². The van der Waals surface area contributed by atoms with Gasteiger partial charge in [0.1, 0.15) is 17.4 Å². The molecule has 0 heterocycles. The van der Waals surface area contributed by atoms with Gasteiger partial charge in [0.15, 0.2) is 0 Å². The summed E-state index contributed by atoms with van der Waals surface area (Å²) >= 11 is 0. The van der Waals surface area contributed by atoms with Crippen LogP contribution in [-0.2, 0) is 9.53 Å². The predicted octanol–water partition coefficient (Wildman–Crippen LogP) is 2.41. The van der Waals surface area contributed by atoms with Gasteiger partial charge in [0.25, 0.3) is 5.69 Å². The molecule has 120 valence electrons. The van der Waals surface area contributed by atoms with E-state index in [-0.39, 0.29) is 11.4 Å². The fourth-order valence-electron chi connectivity index (χ4n) is 1.38. The summed E-state index contributed by atoms with van der Waals surface area (Å²) in [6.07, 6.45) is -0.736. The SMILES string of the molecule is CC(NC(=O)OC(C)(C)C)C(=O)Oc1ccc([N+](=O)[O-])cc1. The van der Waals surface area contributed by atoms with Gasteiger partial charge < -0.3 is 14.8 Å². The van der Waals surface area contributed by atoms with Crippen LogP contribution in [0.15, 0.2) is 24.3 Å². The zero-order valence-electron chi connectivity index (χ0n) is 12.8. The third-order valence-corrected chi connectivity index (χ3v) is 2.35. The number of non-ortho nitro benzene ring substituents is 1. The normalized spacial score (nSPS) is 12.2. The Morgan fingerprint density at radius 3 is 2.23 bits per heavy atom. The second kappa shape index (κ2) is 6.88. The van der Waals surface area contributed by atoms with E-state index in [1.54, 1.807) is 20.8 Å². The van der Waals surface area contributed by atoms with Crippen molar-refractivity contribution in [2.45, 2.75) is 39.3 Å². The van der Waals surface area contributed by atoms with Crippen LogP contribution in [0.4, 0.5) is 10.5 Å². The van der Waals surface area contributed by atoms with E-state index >= 15 is 0 Å². The number of hydrogen-bond acceptors (Lipinski definition) is 6. The molecule has 0 aliphatic carbocycles. The van der Waals surface area contributed by atoms with Crippen molar-refractivity contribution >= 4 is 17.7 Å². The third-order valence-electron chi connectivity index (χ3n) is 2.35. The molecular weight excluding hydrogens is 292 g/mol. The molecule has 1 aromatic carbocycles. The van der Waals surface area contributed by atoms with Crippen molar-refractivity contribution in [1.82, 2.24) is 5.32 Å². The van der Waals surface area contributed by atoms with Gasteiger partial charge >= 0.3 is 12.1 Å². The minimum absolute atomic E-state index is 0.111. The quantitative estimate of drug-likeness (QED) is 0.396. The van der Waals surface area contributed by atoms with E-state index in [1.165, 1.54) is 31.2 Å². The molecule has 8 heteroatoms. The molecule has 0 aliphatic rings. The van der Waals surface area contributed by atoms with Crippen LogP contribution in [0, 0.1) is 10.1 Å². The Bertz CT molecular complexity index is 562. The molecule has 22 heavy (non-hydrogen) atoms. The molecule has 1 aromatic rings. The van der Waals surface area contributed by atoms with E-state index in [0.717, 1.165) is 0 Å². The summed E-state index contributed by atoms with van der Waals surface area (Å²) in [7, 11) is 0. The Kier molecular flexibility index (Phi) is 5.44. The Hall–Kier alpha value is -2.64. The lowest BCUT2D eigenvalue weighted by Gasteiger charge is -2.21. The Morgan fingerprint density at radius 1 is 1.23 bits per heavy atom. The van der Waals surface area contributed by atoms with Crippen LogP contribution in [0.5, 0.6) is 5.75 Å². The van der Waals surface area contributed by atoms with Crippen molar-refractivity contribution < 1.29 is 24.0 Å². The van der Waals surface area contributed by atoms with Gasteiger partial charge in [-0.3, -0.25) is 10.1 Å². The summed E-state index contributed by atoms with van der Waals surface area (Å²) in [6.45, 7) is 6.54. The maximum atomic E-state index is 11.8. The van der Waals surface area contributed by atoms with Crippen molar-refractivity contribution in [3.63, 3.8) is 0 Å². The molecule has 1 atom stereocenters. The molecule has 1 N–H and O–H groups in total. The fraction of sp³-hybridized carbons (Fsp3) is 0.429. The Morgan fingerprint density at radius 2 is 1.77 bits per heavy atom. The van der Waals surface area contributed by atoms with Crippen LogP contribution in [0.1, 0.15) is 27.7 Å². The number of nitro groups is 1. The lowest BCUT2D eigenvalue weighted by molar-refractivity contribution is -0.384. The first-order valence-electron chi connectivity index (χ1n) is 6.54. The number of nitrogens with one attached hydrogen (secondary N) is 1. The number of alkyl carbamates (subject to hydrolysis) is 1. The molecule has 0 bridgehead atoms. The van der Waals surface area contributed by atoms with Crippen molar-refractivity contribution in [2.75, 3.05) is 0 Å². The molecule has 0 radical (unpaired) electrons. The molecular formula is C14H18N2O6. The number of esters is 1. The Labute approximate surface area is 127 Å². The molecule has 0 spiro atoms. The van der Waals surface area contributed by atoms with Crippen LogP contribution >= 0.6 is 0 Å². The van der Waals surface area contributed by atoms with Gasteiger partial charge in [0, 0.05) is 12.1 Å². The molecule has 0 aromatic heterocycles. The number of nitrogens with zero attached hydrogens (tertiary/aromatic N) is 1. The second-order valence-corrected chi connectivity index (χ2v) is 5.54. The number of rotatable bonds is 4.